The Labute approximate surface area is 155 Å². The van der Waals surface area contributed by atoms with Crippen molar-refractivity contribution in [1.29, 1.82) is 0 Å². The Kier molecular flexibility index (Phi) is 9.57. The fraction of sp³-hybridized carbons (Fsp3) is 0.688. The fourth-order valence-corrected chi connectivity index (χ4v) is 2.87. The van der Waals surface area contributed by atoms with E-state index in [-0.39, 0.29) is 36.1 Å². The molecule has 2 rings (SSSR count). The van der Waals surface area contributed by atoms with Crippen molar-refractivity contribution >= 4 is 29.9 Å². The molecular formula is C16H29IN4O2. The summed E-state index contributed by atoms with van der Waals surface area (Å²) in [5.41, 5.74) is 5.97. The zero-order chi connectivity index (χ0) is 15.8. The third-order valence-corrected chi connectivity index (χ3v) is 3.95. The third kappa shape index (κ3) is 6.68. The molecule has 7 heteroatoms. The average molecular weight is 436 g/mol. The molecule has 0 aliphatic carbocycles. The average Bonchev–Trinajstić information content (AvgIpc) is 3.03. The lowest BCUT2D eigenvalue weighted by molar-refractivity contribution is 0.150. The molecule has 1 aliphatic heterocycles. The third-order valence-electron chi connectivity index (χ3n) is 3.95. The van der Waals surface area contributed by atoms with Gasteiger partial charge in [0.25, 0.3) is 0 Å². The van der Waals surface area contributed by atoms with Crippen molar-refractivity contribution in [3.63, 3.8) is 0 Å². The van der Waals surface area contributed by atoms with Gasteiger partial charge in [0.1, 0.15) is 5.76 Å². The molecular weight excluding hydrogens is 407 g/mol. The first-order valence-corrected chi connectivity index (χ1v) is 8.03. The quantitative estimate of drug-likeness (QED) is 0.390. The number of hydrogen-bond acceptors (Lipinski definition) is 4. The number of likely N-dealkylation sites (tertiary alicyclic amines) is 1. The van der Waals surface area contributed by atoms with Gasteiger partial charge in [-0.15, -0.1) is 24.0 Å². The number of halogens is 1. The van der Waals surface area contributed by atoms with E-state index in [1.54, 1.807) is 13.4 Å². The molecule has 2 unspecified atom stereocenters. The summed E-state index contributed by atoms with van der Waals surface area (Å²) in [6.07, 6.45) is 5.50. The Balaban J connectivity index is 0.00000264. The summed E-state index contributed by atoms with van der Waals surface area (Å²) >= 11 is 0. The Morgan fingerprint density at radius 1 is 1.43 bits per heavy atom. The molecule has 6 nitrogen and oxygen atoms in total. The van der Waals surface area contributed by atoms with Gasteiger partial charge < -0.3 is 20.2 Å². The number of nitrogens with zero attached hydrogens (tertiary/aromatic N) is 2. The monoisotopic (exact) mass is 436 g/mol. The van der Waals surface area contributed by atoms with Crippen LogP contribution in [0.5, 0.6) is 0 Å². The van der Waals surface area contributed by atoms with Crippen molar-refractivity contribution in [3.8, 4) is 0 Å². The largest absolute Gasteiger partial charge is 0.468 e. The van der Waals surface area contributed by atoms with E-state index in [9.17, 15) is 0 Å². The van der Waals surface area contributed by atoms with Gasteiger partial charge in [0.2, 0.25) is 0 Å². The van der Waals surface area contributed by atoms with Crippen molar-refractivity contribution in [1.82, 2.24) is 10.2 Å². The van der Waals surface area contributed by atoms with Crippen LogP contribution in [0.1, 0.15) is 38.0 Å². The van der Waals surface area contributed by atoms with Crippen molar-refractivity contribution in [3.05, 3.63) is 24.2 Å². The van der Waals surface area contributed by atoms with E-state index in [0.717, 1.165) is 18.8 Å². The maximum atomic E-state index is 5.97. The summed E-state index contributed by atoms with van der Waals surface area (Å²) in [6, 6.07) is 4.25. The summed E-state index contributed by atoms with van der Waals surface area (Å²) in [6.45, 7) is 5.40. The number of piperidine rings is 1. The van der Waals surface area contributed by atoms with E-state index in [2.05, 4.69) is 15.2 Å². The summed E-state index contributed by atoms with van der Waals surface area (Å²) < 4.78 is 10.7. The van der Waals surface area contributed by atoms with Gasteiger partial charge in [-0.2, -0.15) is 0 Å². The summed E-state index contributed by atoms with van der Waals surface area (Å²) in [7, 11) is 1.68. The minimum atomic E-state index is 0. The van der Waals surface area contributed by atoms with Crippen molar-refractivity contribution in [2.45, 2.75) is 38.3 Å². The lowest BCUT2D eigenvalue weighted by Gasteiger charge is -2.32. The highest BCUT2D eigenvalue weighted by molar-refractivity contribution is 14.0. The predicted molar refractivity (Wildman–Crippen MR) is 103 cm³/mol. The standard InChI is InChI=1S/C16H28N4O2.HI/c1-13(12-21-2)19-16(17)18-11-14(15-7-6-10-22-15)20-8-4-3-5-9-20;/h6-7,10,13-14H,3-5,8-9,11-12H2,1-2H3,(H3,17,18,19);1H. The van der Waals surface area contributed by atoms with Gasteiger partial charge in [0, 0.05) is 13.2 Å². The Morgan fingerprint density at radius 3 is 2.78 bits per heavy atom. The summed E-state index contributed by atoms with van der Waals surface area (Å²) in [5, 5.41) is 3.14. The van der Waals surface area contributed by atoms with Crippen LogP contribution in [-0.2, 0) is 4.74 Å². The second kappa shape index (κ2) is 10.9. The molecule has 0 amide bonds. The van der Waals surface area contributed by atoms with Crippen LogP contribution in [0.25, 0.3) is 0 Å². The molecule has 132 valence electrons. The van der Waals surface area contributed by atoms with Gasteiger partial charge in [-0.25, -0.2) is 0 Å². The van der Waals surface area contributed by atoms with Crippen molar-refractivity contribution < 1.29 is 9.15 Å². The lowest BCUT2D eigenvalue weighted by Crippen LogP contribution is -2.41. The minimum Gasteiger partial charge on any atom is -0.468 e. The maximum absolute atomic E-state index is 5.97. The summed E-state index contributed by atoms with van der Waals surface area (Å²) in [5.74, 6) is 1.42. The van der Waals surface area contributed by atoms with E-state index in [1.807, 2.05) is 19.1 Å². The first-order valence-electron chi connectivity index (χ1n) is 8.03. The fourth-order valence-electron chi connectivity index (χ4n) is 2.87. The van der Waals surface area contributed by atoms with Gasteiger partial charge in [0.15, 0.2) is 5.96 Å². The van der Waals surface area contributed by atoms with Crippen LogP contribution < -0.4 is 11.1 Å². The van der Waals surface area contributed by atoms with Crippen LogP contribution in [0.15, 0.2) is 27.8 Å². The summed E-state index contributed by atoms with van der Waals surface area (Å²) in [4.78, 5) is 6.95. The van der Waals surface area contributed by atoms with Crippen LogP contribution in [0.4, 0.5) is 0 Å². The van der Waals surface area contributed by atoms with Crippen LogP contribution in [0, 0.1) is 0 Å². The molecule has 0 bridgehead atoms. The van der Waals surface area contributed by atoms with E-state index >= 15 is 0 Å². The van der Waals surface area contributed by atoms with E-state index in [4.69, 9.17) is 14.9 Å². The molecule has 1 saturated heterocycles. The minimum absolute atomic E-state index is 0. The normalized spacial score (nSPS) is 19.0. The van der Waals surface area contributed by atoms with Gasteiger partial charge >= 0.3 is 0 Å². The number of nitrogens with one attached hydrogen (secondary N) is 1. The number of methoxy groups -OCH3 is 1. The molecule has 1 aromatic heterocycles. The van der Waals surface area contributed by atoms with E-state index in [0.29, 0.717) is 19.1 Å². The molecule has 0 saturated carbocycles. The second-order valence-corrected chi connectivity index (χ2v) is 5.85. The second-order valence-electron chi connectivity index (χ2n) is 5.85. The number of nitrogens with two attached hydrogens (primary N) is 1. The molecule has 2 atom stereocenters. The molecule has 23 heavy (non-hydrogen) atoms. The molecule has 2 heterocycles. The molecule has 1 aromatic rings. The number of aliphatic imine (C=N–C) groups is 1. The van der Waals surface area contributed by atoms with Gasteiger partial charge in [-0.3, -0.25) is 9.89 Å². The topological polar surface area (TPSA) is 76.0 Å². The van der Waals surface area contributed by atoms with Crippen LogP contribution in [0.2, 0.25) is 0 Å². The Morgan fingerprint density at radius 2 is 2.17 bits per heavy atom. The molecule has 3 N–H and O–H groups in total. The highest BCUT2D eigenvalue weighted by atomic mass is 127. The smallest absolute Gasteiger partial charge is 0.188 e. The number of ether oxygens (including phenoxy) is 1. The number of rotatable bonds is 7. The first kappa shape index (κ1) is 20.2. The molecule has 0 aromatic carbocycles. The number of guanidine groups is 1. The van der Waals surface area contributed by atoms with Gasteiger partial charge in [-0.05, 0) is 45.0 Å². The Hall–Kier alpha value is -0.800. The van der Waals surface area contributed by atoms with Gasteiger partial charge in [-0.1, -0.05) is 6.42 Å². The highest BCUT2D eigenvalue weighted by Crippen LogP contribution is 2.25. The lowest BCUT2D eigenvalue weighted by atomic mass is 10.1. The van der Waals surface area contributed by atoms with Gasteiger partial charge in [0.05, 0.1) is 25.5 Å². The maximum Gasteiger partial charge on any atom is 0.188 e. The Bertz CT molecular complexity index is 447. The molecule has 1 fully saturated rings. The van der Waals surface area contributed by atoms with Crippen molar-refractivity contribution in [2.75, 3.05) is 33.4 Å². The SMILES string of the molecule is COCC(C)NC(N)=NCC(c1ccco1)N1CCCCC1.I. The van der Waals surface area contributed by atoms with E-state index in [1.165, 1.54) is 19.3 Å². The first-order chi connectivity index (χ1) is 10.7. The zero-order valence-electron chi connectivity index (χ0n) is 14.0. The van der Waals surface area contributed by atoms with Crippen molar-refractivity contribution in [2.24, 2.45) is 10.7 Å². The number of hydrogen-bond donors (Lipinski definition) is 2. The molecule has 0 spiro atoms. The highest BCUT2D eigenvalue weighted by Gasteiger charge is 2.24. The van der Waals surface area contributed by atoms with Crippen LogP contribution >= 0.6 is 24.0 Å². The van der Waals surface area contributed by atoms with Crippen LogP contribution in [0.3, 0.4) is 0 Å². The molecule has 0 radical (unpaired) electrons. The zero-order valence-corrected chi connectivity index (χ0v) is 16.4. The number of furan rings is 1. The van der Waals surface area contributed by atoms with Crippen LogP contribution in [-0.4, -0.2) is 50.3 Å². The molecule has 1 aliphatic rings. The predicted octanol–water partition coefficient (Wildman–Crippen LogP) is 2.36. The van der Waals surface area contributed by atoms with E-state index < -0.39 is 0 Å².